The number of nitrogens with zero attached hydrogens (tertiary/aromatic N) is 2. The van der Waals surface area contributed by atoms with E-state index in [9.17, 15) is 13.6 Å². The Balaban J connectivity index is 1.63. The lowest BCUT2D eigenvalue weighted by Crippen LogP contribution is -2.48. The maximum absolute atomic E-state index is 13.8. The summed E-state index contributed by atoms with van der Waals surface area (Å²) < 4.78 is 32.7. The first-order valence-corrected chi connectivity index (χ1v) is 8.87. The molecule has 1 fully saturated rings. The van der Waals surface area contributed by atoms with Gasteiger partial charge in [0.05, 0.1) is 24.4 Å². The number of carbonyl (C=O) groups excluding carboxylic acids is 1. The summed E-state index contributed by atoms with van der Waals surface area (Å²) in [5, 5.41) is 4.66. The highest BCUT2D eigenvalue weighted by atomic mass is 32.1. The van der Waals surface area contributed by atoms with E-state index >= 15 is 0 Å². The van der Waals surface area contributed by atoms with Crippen molar-refractivity contribution in [3.05, 3.63) is 35.2 Å². The van der Waals surface area contributed by atoms with Crippen molar-refractivity contribution in [3.63, 3.8) is 0 Å². The van der Waals surface area contributed by atoms with Gasteiger partial charge in [-0.15, -0.1) is 11.3 Å². The van der Waals surface area contributed by atoms with E-state index in [1.165, 1.54) is 11.3 Å². The van der Waals surface area contributed by atoms with Crippen LogP contribution in [-0.4, -0.2) is 47.6 Å². The lowest BCUT2D eigenvalue weighted by Gasteiger charge is -2.34. The van der Waals surface area contributed by atoms with Gasteiger partial charge >= 0.3 is 0 Å². The van der Waals surface area contributed by atoms with Crippen molar-refractivity contribution in [2.75, 3.05) is 25.0 Å². The lowest BCUT2D eigenvalue weighted by atomic mass is 10.1. The third-order valence-corrected chi connectivity index (χ3v) is 4.58. The van der Waals surface area contributed by atoms with Crippen LogP contribution in [0.5, 0.6) is 0 Å². The van der Waals surface area contributed by atoms with Crippen LogP contribution in [0.1, 0.15) is 13.8 Å². The molecule has 1 aromatic carbocycles. The zero-order chi connectivity index (χ0) is 18.0. The number of carbonyl (C=O) groups is 1. The molecular weight excluding hydrogens is 348 g/mol. The zero-order valence-electron chi connectivity index (χ0n) is 14.0. The molecule has 0 aliphatic carbocycles. The van der Waals surface area contributed by atoms with Crippen molar-refractivity contribution in [3.8, 4) is 11.3 Å². The number of halogens is 2. The number of aromatic nitrogens is 1. The Labute approximate surface area is 148 Å². The highest BCUT2D eigenvalue weighted by Crippen LogP contribution is 2.27. The number of anilines is 1. The molecule has 1 aliphatic heterocycles. The van der Waals surface area contributed by atoms with Crippen LogP contribution in [0.4, 0.5) is 13.9 Å². The van der Waals surface area contributed by atoms with Crippen molar-refractivity contribution in [2.45, 2.75) is 26.1 Å². The van der Waals surface area contributed by atoms with Gasteiger partial charge in [-0.1, -0.05) is 0 Å². The number of thiazole rings is 1. The molecule has 5 nitrogen and oxygen atoms in total. The number of hydrogen-bond acceptors (Lipinski definition) is 5. The third-order valence-electron chi connectivity index (χ3n) is 3.82. The SMILES string of the molecule is CC1CN(CC(=O)Nc2nc(-c3cc(F)ccc3F)cs2)CC(C)O1. The van der Waals surface area contributed by atoms with Crippen molar-refractivity contribution in [1.82, 2.24) is 9.88 Å². The van der Waals surface area contributed by atoms with Crippen LogP contribution >= 0.6 is 11.3 Å². The van der Waals surface area contributed by atoms with Crippen LogP contribution in [0.3, 0.4) is 0 Å². The highest BCUT2D eigenvalue weighted by molar-refractivity contribution is 7.14. The number of morpholine rings is 1. The van der Waals surface area contributed by atoms with E-state index in [0.717, 1.165) is 18.2 Å². The molecule has 0 spiro atoms. The maximum atomic E-state index is 13.8. The standard InChI is InChI=1S/C17H19F2N3O2S/c1-10-6-22(7-11(2)24-10)8-16(23)21-17-20-15(9-25-17)13-5-12(18)3-4-14(13)19/h3-5,9-11H,6-8H2,1-2H3,(H,20,21,23). The molecule has 2 aromatic rings. The number of nitrogens with one attached hydrogen (secondary N) is 1. The van der Waals surface area contributed by atoms with Crippen molar-refractivity contribution < 1.29 is 18.3 Å². The predicted octanol–water partition coefficient (Wildman–Crippen LogP) is 3.14. The molecule has 1 saturated heterocycles. The molecule has 0 radical (unpaired) electrons. The largest absolute Gasteiger partial charge is 0.373 e. The van der Waals surface area contributed by atoms with E-state index < -0.39 is 11.6 Å². The maximum Gasteiger partial charge on any atom is 0.240 e. The van der Waals surface area contributed by atoms with Gasteiger partial charge in [0.15, 0.2) is 5.13 Å². The van der Waals surface area contributed by atoms with E-state index in [4.69, 9.17) is 4.74 Å². The number of rotatable bonds is 4. The van der Waals surface area contributed by atoms with E-state index in [2.05, 4.69) is 10.3 Å². The third kappa shape index (κ3) is 4.59. The minimum atomic E-state index is -0.555. The van der Waals surface area contributed by atoms with Gasteiger partial charge in [-0.25, -0.2) is 13.8 Å². The molecule has 1 aliphatic rings. The highest BCUT2D eigenvalue weighted by Gasteiger charge is 2.24. The van der Waals surface area contributed by atoms with Crippen LogP contribution in [0, 0.1) is 11.6 Å². The summed E-state index contributed by atoms with van der Waals surface area (Å²) >= 11 is 1.18. The molecule has 2 unspecified atom stereocenters. The molecule has 1 aromatic heterocycles. The summed E-state index contributed by atoms with van der Waals surface area (Å²) in [5.74, 6) is -1.28. The average molecular weight is 367 g/mol. The van der Waals surface area contributed by atoms with E-state index in [-0.39, 0.29) is 30.2 Å². The Hall–Kier alpha value is -1.90. The first kappa shape index (κ1) is 17.9. The topological polar surface area (TPSA) is 54.5 Å². The molecule has 1 N–H and O–H groups in total. The van der Waals surface area contributed by atoms with Crippen LogP contribution < -0.4 is 5.32 Å². The van der Waals surface area contributed by atoms with E-state index in [0.29, 0.717) is 23.9 Å². The Morgan fingerprint density at radius 2 is 2.08 bits per heavy atom. The fourth-order valence-corrected chi connectivity index (χ4v) is 3.65. The minimum Gasteiger partial charge on any atom is -0.373 e. The zero-order valence-corrected chi connectivity index (χ0v) is 14.8. The second-order valence-electron chi connectivity index (χ2n) is 6.16. The van der Waals surface area contributed by atoms with Crippen molar-refractivity contribution in [1.29, 1.82) is 0 Å². The summed E-state index contributed by atoms with van der Waals surface area (Å²) in [5.41, 5.74) is 0.374. The Morgan fingerprint density at radius 1 is 1.36 bits per heavy atom. The summed E-state index contributed by atoms with van der Waals surface area (Å²) in [6.07, 6.45) is 0.165. The summed E-state index contributed by atoms with van der Waals surface area (Å²) in [6.45, 7) is 5.56. The Kier molecular flexibility index (Phi) is 5.41. The van der Waals surface area contributed by atoms with E-state index in [1.54, 1.807) is 5.38 Å². The molecule has 3 rings (SSSR count). The van der Waals surface area contributed by atoms with Crippen LogP contribution in [-0.2, 0) is 9.53 Å². The number of hydrogen-bond donors (Lipinski definition) is 1. The molecule has 2 atom stereocenters. The molecule has 25 heavy (non-hydrogen) atoms. The van der Waals surface area contributed by atoms with E-state index in [1.807, 2.05) is 18.7 Å². The van der Waals surface area contributed by atoms with Crippen LogP contribution in [0.25, 0.3) is 11.3 Å². The summed E-state index contributed by atoms with van der Waals surface area (Å²) in [4.78, 5) is 18.4. The monoisotopic (exact) mass is 367 g/mol. The van der Waals surface area contributed by atoms with Gasteiger partial charge in [0.25, 0.3) is 0 Å². The Morgan fingerprint density at radius 3 is 2.80 bits per heavy atom. The normalized spacial score (nSPS) is 21.3. The van der Waals surface area contributed by atoms with Gasteiger partial charge in [0.2, 0.25) is 5.91 Å². The van der Waals surface area contributed by atoms with Gasteiger partial charge in [0, 0.05) is 24.0 Å². The van der Waals surface area contributed by atoms with Gasteiger partial charge in [0.1, 0.15) is 11.6 Å². The second-order valence-corrected chi connectivity index (χ2v) is 7.02. The van der Waals surface area contributed by atoms with Gasteiger partial charge in [-0.05, 0) is 32.0 Å². The molecule has 134 valence electrons. The van der Waals surface area contributed by atoms with Gasteiger partial charge < -0.3 is 10.1 Å². The quantitative estimate of drug-likeness (QED) is 0.902. The molecule has 0 saturated carbocycles. The Bertz CT molecular complexity index is 758. The molecule has 0 bridgehead atoms. The van der Waals surface area contributed by atoms with Crippen LogP contribution in [0.2, 0.25) is 0 Å². The summed E-state index contributed by atoms with van der Waals surface area (Å²) in [7, 11) is 0. The smallest absolute Gasteiger partial charge is 0.240 e. The van der Waals surface area contributed by atoms with Crippen LogP contribution in [0.15, 0.2) is 23.6 Å². The molecule has 2 heterocycles. The first-order valence-electron chi connectivity index (χ1n) is 7.99. The van der Waals surface area contributed by atoms with Gasteiger partial charge in [-0.2, -0.15) is 0 Å². The van der Waals surface area contributed by atoms with Crippen molar-refractivity contribution >= 4 is 22.4 Å². The molecular formula is C17H19F2N3O2S. The molecule has 1 amide bonds. The minimum absolute atomic E-state index is 0.0765. The number of amides is 1. The van der Waals surface area contributed by atoms with Crippen molar-refractivity contribution in [2.24, 2.45) is 0 Å². The second kappa shape index (κ2) is 7.55. The number of benzene rings is 1. The fourth-order valence-electron chi connectivity index (χ4n) is 2.92. The fraction of sp³-hybridized carbons (Fsp3) is 0.412. The molecule has 8 heteroatoms. The first-order chi connectivity index (χ1) is 11.9. The number of ether oxygens (including phenoxy) is 1. The predicted molar refractivity (Wildman–Crippen MR) is 92.5 cm³/mol. The average Bonchev–Trinajstić information content (AvgIpc) is 2.96. The lowest BCUT2D eigenvalue weighted by molar-refractivity contribution is -0.121. The summed E-state index contributed by atoms with van der Waals surface area (Å²) in [6, 6.07) is 3.20. The van der Waals surface area contributed by atoms with Gasteiger partial charge in [-0.3, -0.25) is 9.69 Å².